The minimum Gasteiger partial charge on any atom is -0.390 e. The summed E-state index contributed by atoms with van der Waals surface area (Å²) in [6.07, 6.45) is 10.5. The van der Waals surface area contributed by atoms with Crippen molar-refractivity contribution in [1.29, 1.82) is 0 Å². The van der Waals surface area contributed by atoms with Crippen LogP contribution in [0.2, 0.25) is 0 Å². The van der Waals surface area contributed by atoms with Crippen molar-refractivity contribution in [1.82, 2.24) is 4.57 Å². The summed E-state index contributed by atoms with van der Waals surface area (Å²) in [5.41, 5.74) is 1.79. The molecule has 0 saturated heterocycles. The Hall–Kier alpha value is -1.91. The predicted molar refractivity (Wildman–Crippen MR) is 112 cm³/mol. The first-order valence-corrected chi connectivity index (χ1v) is 10.5. The Morgan fingerprint density at radius 3 is 2.71 bits per heavy atom. The van der Waals surface area contributed by atoms with Gasteiger partial charge < -0.3 is 14.6 Å². The number of hydrogen-bond acceptors (Lipinski definition) is 1. The Morgan fingerprint density at radius 2 is 2.04 bits per heavy atom. The second-order valence-corrected chi connectivity index (χ2v) is 8.53. The number of hydrogen-bond donors (Lipinski definition) is 2. The van der Waals surface area contributed by atoms with Crippen LogP contribution in [0.1, 0.15) is 50.3 Å². The number of aromatic nitrogens is 1. The molecule has 1 aromatic heterocycles. The number of halogens is 1. The van der Waals surface area contributed by atoms with E-state index < -0.39 is 0 Å². The van der Waals surface area contributed by atoms with Crippen molar-refractivity contribution in [2.75, 3.05) is 13.2 Å². The topological polar surface area (TPSA) is 29.6 Å². The number of quaternary nitrogens is 1. The lowest BCUT2D eigenvalue weighted by atomic mass is 9.87. The van der Waals surface area contributed by atoms with Crippen molar-refractivity contribution in [3.63, 3.8) is 0 Å². The SMILES string of the molecule is C=C[C@@](C)(CO)[NH+](Cc1cccn1Cc1cccc(F)c1)CC1CCCCC1. The highest BCUT2D eigenvalue weighted by molar-refractivity contribution is 5.18. The molecule has 0 bridgehead atoms. The van der Waals surface area contributed by atoms with E-state index in [1.807, 2.05) is 12.1 Å². The first-order valence-electron chi connectivity index (χ1n) is 10.5. The summed E-state index contributed by atoms with van der Waals surface area (Å²) < 4.78 is 15.8. The number of rotatable bonds is 9. The molecule has 0 aliphatic heterocycles. The highest BCUT2D eigenvalue weighted by Crippen LogP contribution is 2.22. The summed E-state index contributed by atoms with van der Waals surface area (Å²) in [6.45, 7) is 8.72. The molecule has 2 aromatic rings. The number of nitrogens with one attached hydrogen (secondary N) is 1. The van der Waals surface area contributed by atoms with E-state index in [0.29, 0.717) is 12.5 Å². The monoisotopic (exact) mass is 385 g/mol. The van der Waals surface area contributed by atoms with Crippen molar-refractivity contribution in [3.8, 4) is 0 Å². The average Bonchev–Trinajstić information content (AvgIpc) is 3.14. The molecule has 1 aromatic carbocycles. The standard InChI is InChI=1S/C24H33FN2O/c1-3-24(2,19-28)27(17-20-9-5-4-6-10-20)18-23-13-8-14-26(23)16-21-11-7-12-22(25)15-21/h3,7-8,11-15,20,28H,1,4-6,9-10,16-19H2,2H3/p+1/t24-/m0/s1. The van der Waals surface area contributed by atoms with Gasteiger partial charge in [0.05, 0.1) is 12.2 Å². The van der Waals surface area contributed by atoms with Crippen LogP contribution >= 0.6 is 0 Å². The zero-order chi connectivity index (χ0) is 20.0. The fraction of sp³-hybridized carbons (Fsp3) is 0.500. The summed E-state index contributed by atoms with van der Waals surface area (Å²) in [5.74, 6) is 0.511. The molecule has 0 amide bonds. The maximum Gasteiger partial charge on any atom is 0.137 e. The zero-order valence-corrected chi connectivity index (χ0v) is 17.0. The number of benzene rings is 1. The van der Waals surface area contributed by atoms with E-state index in [0.717, 1.165) is 18.7 Å². The Balaban J connectivity index is 1.78. The third-order valence-electron chi connectivity index (χ3n) is 6.41. The first kappa shape index (κ1) is 20.8. The zero-order valence-electron chi connectivity index (χ0n) is 17.0. The van der Waals surface area contributed by atoms with Crippen LogP contribution in [0.4, 0.5) is 4.39 Å². The molecule has 1 unspecified atom stereocenters. The van der Waals surface area contributed by atoms with Crippen molar-refractivity contribution in [2.45, 2.75) is 57.7 Å². The number of aliphatic hydroxyl groups is 1. The van der Waals surface area contributed by atoms with Crippen LogP contribution < -0.4 is 4.90 Å². The van der Waals surface area contributed by atoms with Gasteiger partial charge in [-0.2, -0.15) is 0 Å². The third-order valence-corrected chi connectivity index (χ3v) is 6.41. The highest BCUT2D eigenvalue weighted by atomic mass is 19.1. The first-order chi connectivity index (χ1) is 13.5. The molecular formula is C24H34FN2O+. The maximum absolute atomic E-state index is 13.6. The van der Waals surface area contributed by atoms with E-state index in [1.54, 1.807) is 12.1 Å². The minimum atomic E-state index is -0.370. The van der Waals surface area contributed by atoms with Gasteiger partial charge in [-0.15, -0.1) is 0 Å². The van der Waals surface area contributed by atoms with E-state index in [4.69, 9.17) is 0 Å². The number of nitrogens with zero attached hydrogens (tertiary/aromatic N) is 1. The third kappa shape index (κ3) is 5.12. The van der Waals surface area contributed by atoms with Crippen LogP contribution in [0, 0.1) is 11.7 Å². The van der Waals surface area contributed by atoms with Crippen LogP contribution in [0.15, 0.2) is 55.3 Å². The molecule has 1 aliphatic carbocycles. The maximum atomic E-state index is 13.6. The van der Waals surface area contributed by atoms with Crippen LogP contribution in [-0.2, 0) is 13.1 Å². The van der Waals surface area contributed by atoms with E-state index in [9.17, 15) is 9.50 Å². The molecule has 3 nitrogen and oxygen atoms in total. The van der Waals surface area contributed by atoms with Gasteiger partial charge in [0, 0.05) is 18.7 Å². The van der Waals surface area contributed by atoms with Gasteiger partial charge in [0.1, 0.15) is 24.5 Å². The van der Waals surface area contributed by atoms with Crippen LogP contribution in [-0.4, -0.2) is 28.4 Å². The molecule has 1 heterocycles. The second kappa shape index (κ2) is 9.53. The summed E-state index contributed by atoms with van der Waals surface area (Å²) in [6, 6.07) is 11.0. The summed E-state index contributed by atoms with van der Waals surface area (Å²) in [4.78, 5) is 1.36. The lowest BCUT2D eigenvalue weighted by Gasteiger charge is -2.37. The molecule has 152 valence electrons. The molecule has 0 spiro atoms. The molecule has 1 fully saturated rings. The van der Waals surface area contributed by atoms with E-state index in [-0.39, 0.29) is 18.0 Å². The van der Waals surface area contributed by atoms with Gasteiger partial charge in [-0.25, -0.2) is 4.39 Å². The largest absolute Gasteiger partial charge is 0.390 e. The molecule has 4 heteroatoms. The molecule has 2 N–H and O–H groups in total. The summed E-state index contributed by atoms with van der Waals surface area (Å²) in [7, 11) is 0. The molecule has 1 saturated carbocycles. The Bertz CT molecular complexity index is 765. The minimum absolute atomic E-state index is 0.0865. The predicted octanol–water partition coefficient (Wildman–Crippen LogP) is 3.58. The van der Waals surface area contributed by atoms with Gasteiger partial charge in [0.15, 0.2) is 0 Å². The van der Waals surface area contributed by atoms with Gasteiger partial charge in [-0.1, -0.05) is 38.0 Å². The van der Waals surface area contributed by atoms with Gasteiger partial charge in [0.2, 0.25) is 0 Å². The normalized spacial score (nSPS) is 18.5. The van der Waals surface area contributed by atoms with Crippen LogP contribution in [0.25, 0.3) is 0 Å². The summed E-state index contributed by atoms with van der Waals surface area (Å²) in [5, 5.41) is 10.1. The van der Waals surface area contributed by atoms with Crippen molar-refractivity contribution in [3.05, 3.63) is 72.3 Å². The molecule has 0 radical (unpaired) electrons. The van der Waals surface area contributed by atoms with E-state index in [2.05, 4.69) is 36.4 Å². The smallest absolute Gasteiger partial charge is 0.137 e. The van der Waals surface area contributed by atoms with Gasteiger partial charge in [-0.3, -0.25) is 0 Å². The average molecular weight is 386 g/mol. The van der Waals surface area contributed by atoms with Gasteiger partial charge in [0.25, 0.3) is 0 Å². The molecule has 2 atom stereocenters. The lowest BCUT2D eigenvalue weighted by molar-refractivity contribution is -0.960. The molecule has 1 aliphatic rings. The van der Waals surface area contributed by atoms with Gasteiger partial charge >= 0.3 is 0 Å². The fourth-order valence-electron chi connectivity index (χ4n) is 4.38. The van der Waals surface area contributed by atoms with Crippen molar-refractivity contribution < 1.29 is 14.4 Å². The van der Waals surface area contributed by atoms with Crippen molar-refractivity contribution in [2.24, 2.45) is 5.92 Å². The van der Waals surface area contributed by atoms with Gasteiger partial charge in [-0.05, 0) is 55.7 Å². The second-order valence-electron chi connectivity index (χ2n) is 8.53. The van der Waals surface area contributed by atoms with Crippen LogP contribution in [0.5, 0.6) is 0 Å². The Morgan fingerprint density at radius 1 is 1.25 bits per heavy atom. The summed E-state index contributed by atoms with van der Waals surface area (Å²) >= 11 is 0. The fourth-order valence-corrected chi connectivity index (χ4v) is 4.38. The molecule has 28 heavy (non-hydrogen) atoms. The molecular weight excluding hydrogens is 351 g/mol. The van der Waals surface area contributed by atoms with Crippen molar-refractivity contribution >= 4 is 0 Å². The number of aliphatic hydroxyl groups excluding tert-OH is 1. The van der Waals surface area contributed by atoms with E-state index in [1.165, 1.54) is 48.8 Å². The molecule has 3 rings (SSSR count). The highest BCUT2D eigenvalue weighted by Gasteiger charge is 2.35. The Kier molecular flexibility index (Phi) is 7.08. The van der Waals surface area contributed by atoms with E-state index >= 15 is 0 Å². The Labute approximate surface area is 168 Å². The lowest BCUT2D eigenvalue weighted by Crippen LogP contribution is -3.19. The quantitative estimate of drug-likeness (QED) is 0.635. The van der Waals surface area contributed by atoms with Crippen LogP contribution in [0.3, 0.4) is 0 Å².